The number of para-hydroxylation sites is 1. The average Bonchev–Trinajstić information content (AvgIpc) is 3.46. The van der Waals surface area contributed by atoms with Gasteiger partial charge in [-0.15, -0.1) is 5.10 Å². The zero-order valence-electron chi connectivity index (χ0n) is 16.0. The van der Waals surface area contributed by atoms with Crippen LogP contribution in [0.4, 0.5) is 6.01 Å². The molecular formula is C23H16N4O3. The number of hydrogen-bond acceptors (Lipinski definition) is 6. The number of furan rings is 1. The number of aromatic nitrogens is 3. The van der Waals surface area contributed by atoms with Crippen molar-refractivity contribution in [2.75, 3.05) is 5.32 Å². The fraction of sp³-hybridized carbons (Fsp3) is 0.0435. The van der Waals surface area contributed by atoms with Crippen molar-refractivity contribution in [3.8, 4) is 22.9 Å². The van der Waals surface area contributed by atoms with Gasteiger partial charge in [0.25, 0.3) is 11.8 Å². The van der Waals surface area contributed by atoms with Gasteiger partial charge in [-0.2, -0.15) is 0 Å². The molecule has 0 spiro atoms. The zero-order chi connectivity index (χ0) is 20.5. The predicted molar refractivity (Wildman–Crippen MR) is 112 cm³/mol. The largest absolute Gasteiger partial charge is 0.459 e. The molecule has 0 aliphatic carbocycles. The molecule has 0 aliphatic heterocycles. The highest BCUT2D eigenvalue weighted by atomic mass is 16.4. The molecule has 7 heteroatoms. The normalized spacial score (nSPS) is 11.0. The second-order valence-electron chi connectivity index (χ2n) is 6.74. The maximum Gasteiger partial charge on any atom is 0.322 e. The van der Waals surface area contributed by atoms with E-state index in [1.807, 2.05) is 55.5 Å². The van der Waals surface area contributed by atoms with E-state index in [1.54, 1.807) is 18.2 Å². The molecule has 0 unspecified atom stereocenters. The van der Waals surface area contributed by atoms with Gasteiger partial charge in [-0.25, -0.2) is 4.98 Å². The first-order chi connectivity index (χ1) is 14.7. The van der Waals surface area contributed by atoms with E-state index in [-0.39, 0.29) is 17.8 Å². The summed E-state index contributed by atoms with van der Waals surface area (Å²) in [5.74, 6) is 0.259. The molecule has 3 aromatic heterocycles. The van der Waals surface area contributed by atoms with Crippen LogP contribution in [0.1, 0.15) is 15.9 Å². The summed E-state index contributed by atoms with van der Waals surface area (Å²) in [7, 11) is 0. The first-order valence-corrected chi connectivity index (χ1v) is 9.33. The van der Waals surface area contributed by atoms with Crippen LogP contribution in [0, 0.1) is 6.92 Å². The van der Waals surface area contributed by atoms with Gasteiger partial charge in [0.05, 0.1) is 23.0 Å². The van der Waals surface area contributed by atoms with E-state index in [1.165, 1.54) is 6.26 Å². The van der Waals surface area contributed by atoms with Gasteiger partial charge in [0.1, 0.15) is 0 Å². The number of nitrogens with zero attached hydrogens (tertiary/aromatic N) is 3. The second kappa shape index (κ2) is 7.29. The Balaban J connectivity index is 1.56. The lowest BCUT2D eigenvalue weighted by atomic mass is 10.0. The quantitative estimate of drug-likeness (QED) is 0.454. The first kappa shape index (κ1) is 17.8. The first-order valence-electron chi connectivity index (χ1n) is 9.33. The third-order valence-corrected chi connectivity index (χ3v) is 4.73. The third-order valence-electron chi connectivity index (χ3n) is 4.73. The summed E-state index contributed by atoms with van der Waals surface area (Å²) in [5.41, 5.74) is 3.86. The summed E-state index contributed by atoms with van der Waals surface area (Å²) < 4.78 is 10.7. The van der Waals surface area contributed by atoms with Crippen molar-refractivity contribution in [1.29, 1.82) is 0 Å². The molecule has 5 rings (SSSR count). The Morgan fingerprint density at radius 3 is 2.63 bits per heavy atom. The van der Waals surface area contributed by atoms with Crippen molar-refractivity contribution >= 4 is 22.8 Å². The minimum absolute atomic E-state index is 0.00900. The van der Waals surface area contributed by atoms with Gasteiger partial charge in [0, 0.05) is 10.9 Å². The summed E-state index contributed by atoms with van der Waals surface area (Å²) in [6, 6.07) is 20.7. The lowest BCUT2D eigenvalue weighted by Gasteiger charge is -2.11. The number of aryl methyl sites for hydroxylation is 1. The molecule has 0 fully saturated rings. The predicted octanol–water partition coefficient (Wildman–Crippen LogP) is 5.11. The van der Waals surface area contributed by atoms with E-state index in [2.05, 4.69) is 15.5 Å². The fourth-order valence-corrected chi connectivity index (χ4v) is 3.27. The van der Waals surface area contributed by atoms with E-state index in [4.69, 9.17) is 13.8 Å². The molecule has 7 nitrogen and oxygen atoms in total. The van der Waals surface area contributed by atoms with Crippen molar-refractivity contribution in [3.05, 3.63) is 84.1 Å². The second-order valence-corrected chi connectivity index (χ2v) is 6.74. The van der Waals surface area contributed by atoms with Gasteiger partial charge in [-0.1, -0.05) is 53.6 Å². The Kier molecular flexibility index (Phi) is 4.33. The van der Waals surface area contributed by atoms with E-state index in [0.717, 1.165) is 22.0 Å². The van der Waals surface area contributed by atoms with Gasteiger partial charge in [-0.05, 0) is 30.7 Å². The maximum absolute atomic E-state index is 13.1. The van der Waals surface area contributed by atoms with Gasteiger partial charge >= 0.3 is 6.01 Å². The highest BCUT2D eigenvalue weighted by Gasteiger charge is 2.18. The number of rotatable bonds is 4. The summed E-state index contributed by atoms with van der Waals surface area (Å²) in [5, 5.41) is 11.2. The molecule has 3 heterocycles. The molecule has 1 N–H and O–H groups in total. The summed E-state index contributed by atoms with van der Waals surface area (Å²) in [6.07, 6.45) is 1.51. The maximum atomic E-state index is 13.1. The van der Waals surface area contributed by atoms with Crippen LogP contribution in [0.3, 0.4) is 0 Å². The molecule has 0 saturated carbocycles. The van der Waals surface area contributed by atoms with Crippen LogP contribution in [-0.2, 0) is 0 Å². The van der Waals surface area contributed by atoms with E-state index < -0.39 is 0 Å². The summed E-state index contributed by atoms with van der Waals surface area (Å²) in [4.78, 5) is 17.9. The van der Waals surface area contributed by atoms with Gasteiger partial charge in [0.2, 0.25) is 0 Å². The SMILES string of the molecule is Cc1cccc2c(C(=O)Nc3nnc(-c4ccco4)o3)cc(-c3ccccc3)nc12. The summed E-state index contributed by atoms with van der Waals surface area (Å²) >= 11 is 0. The Bertz CT molecular complexity index is 1340. The number of anilines is 1. The van der Waals surface area contributed by atoms with Crippen LogP contribution >= 0.6 is 0 Å². The molecule has 5 aromatic rings. The number of carbonyl (C=O) groups excluding carboxylic acids is 1. The average molecular weight is 396 g/mol. The van der Waals surface area contributed by atoms with Crippen LogP contribution in [0.25, 0.3) is 33.8 Å². The van der Waals surface area contributed by atoms with E-state index in [9.17, 15) is 4.79 Å². The van der Waals surface area contributed by atoms with Crippen molar-refractivity contribution < 1.29 is 13.6 Å². The van der Waals surface area contributed by atoms with Crippen LogP contribution in [-0.4, -0.2) is 21.1 Å². The molecule has 0 aliphatic rings. The van der Waals surface area contributed by atoms with E-state index >= 15 is 0 Å². The topological polar surface area (TPSA) is 94.1 Å². The number of hydrogen-bond donors (Lipinski definition) is 1. The van der Waals surface area contributed by atoms with Crippen molar-refractivity contribution in [2.24, 2.45) is 0 Å². The molecule has 0 radical (unpaired) electrons. The third kappa shape index (κ3) is 3.22. The minimum Gasteiger partial charge on any atom is -0.459 e. The molecular weight excluding hydrogens is 380 g/mol. The molecule has 0 atom stereocenters. The minimum atomic E-state index is -0.361. The fourth-order valence-electron chi connectivity index (χ4n) is 3.27. The number of amides is 1. The number of fused-ring (bicyclic) bond motifs is 1. The molecule has 30 heavy (non-hydrogen) atoms. The van der Waals surface area contributed by atoms with Gasteiger partial charge in [0.15, 0.2) is 5.76 Å². The Labute approximate surface area is 171 Å². The highest BCUT2D eigenvalue weighted by molar-refractivity contribution is 6.12. The van der Waals surface area contributed by atoms with Crippen molar-refractivity contribution in [1.82, 2.24) is 15.2 Å². The Hall–Kier alpha value is -4.26. The van der Waals surface area contributed by atoms with Gasteiger partial charge < -0.3 is 8.83 Å². The Morgan fingerprint density at radius 1 is 0.967 bits per heavy atom. The summed E-state index contributed by atoms with van der Waals surface area (Å²) in [6.45, 7) is 1.97. The Morgan fingerprint density at radius 2 is 1.83 bits per heavy atom. The van der Waals surface area contributed by atoms with E-state index in [0.29, 0.717) is 17.0 Å². The number of benzene rings is 2. The smallest absolute Gasteiger partial charge is 0.322 e. The number of carbonyl (C=O) groups is 1. The monoisotopic (exact) mass is 396 g/mol. The molecule has 146 valence electrons. The zero-order valence-corrected chi connectivity index (χ0v) is 16.0. The molecule has 0 saturated heterocycles. The lowest BCUT2D eigenvalue weighted by molar-refractivity contribution is 0.102. The molecule has 0 bridgehead atoms. The standard InChI is InChI=1S/C23H16N4O3/c1-14-7-5-10-16-17(13-18(24-20(14)16)15-8-3-2-4-9-15)21(28)25-23-27-26-22(30-23)19-11-6-12-29-19/h2-13H,1H3,(H,25,27,28). The van der Waals surface area contributed by atoms with Crippen LogP contribution < -0.4 is 5.32 Å². The number of pyridine rings is 1. The van der Waals surface area contributed by atoms with Crippen molar-refractivity contribution in [2.45, 2.75) is 6.92 Å². The van der Waals surface area contributed by atoms with Crippen molar-refractivity contribution in [3.63, 3.8) is 0 Å². The molecule has 2 aromatic carbocycles. The van der Waals surface area contributed by atoms with Crippen LogP contribution in [0.5, 0.6) is 0 Å². The molecule has 1 amide bonds. The number of nitrogens with one attached hydrogen (secondary N) is 1. The van der Waals surface area contributed by atoms with Crippen LogP contribution in [0.15, 0.2) is 81.8 Å². The highest BCUT2D eigenvalue weighted by Crippen LogP contribution is 2.28. The van der Waals surface area contributed by atoms with Gasteiger partial charge in [-0.3, -0.25) is 10.1 Å². The van der Waals surface area contributed by atoms with Crippen LogP contribution in [0.2, 0.25) is 0 Å². The lowest BCUT2D eigenvalue weighted by Crippen LogP contribution is -2.13.